The van der Waals surface area contributed by atoms with Crippen molar-refractivity contribution in [2.75, 3.05) is 0 Å². The topological polar surface area (TPSA) is 29.1 Å². The van der Waals surface area contributed by atoms with E-state index in [1.54, 1.807) is 30.3 Å². The van der Waals surface area contributed by atoms with Gasteiger partial charge in [0.2, 0.25) is 5.91 Å². The molecule has 0 aromatic heterocycles. The van der Waals surface area contributed by atoms with Gasteiger partial charge in [0.15, 0.2) is 0 Å². The third-order valence-electron chi connectivity index (χ3n) is 2.96. The number of halogens is 3. The third kappa shape index (κ3) is 2.78. The molecule has 1 aliphatic heterocycles. The molecule has 1 heterocycles. The van der Waals surface area contributed by atoms with Gasteiger partial charge in [-0.15, -0.1) is 0 Å². The maximum absolute atomic E-state index is 12.7. The Hall–Kier alpha value is -1.52. The van der Waals surface area contributed by atoms with Gasteiger partial charge in [0.1, 0.15) is 0 Å². The molecule has 0 spiro atoms. The first-order chi connectivity index (χ1) is 7.97. The molecule has 2 rings (SSSR count). The third-order valence-corrected chi connectivity index (χ3v) is 2.96. The first-order valence-electron chi connectivity index (χ1n) is 5.37. The summed E-state index contributed by atoms with van der Waals surface area (Å²) >= 11 is 0. The summed E-state index contributed by atoms with van der Waals surface area (Å²) in [5.74, 6) is -2.09. The summed E-state index contributed by atoms with van der Waals surface area (Å²) in [5, 5.41) is 2.40. The molecule has 1 saturated heterocycles. The molecule has 2 nitrogen and oxygen atoms in total. The van der Waals surface area contributed by atoms with Gasteiger partial charge in [-0.3, -0.25) is 4.79 Å². The quantitative estimate of drug-likeness (QED) is 0.848. The number of benzene rings is 1. The summed E-state index contributed by atoms with van der Waals surface area (Å²) in [4.78, 5) is 11.1. The van der Waals surface area contributed by atoms with Crippen molar-refractivity contribution in [3.63, 3.8) is 0 Å². The van der Waals surface area contributed by atoms with Crippen molar-refractivity contribution in [3.8, 4) is 0 Å². The number of rotatable bonds is 2. The fourth-order valence-corrected chi connectivity index (χ4v) is 2.11. The van der Waals surface area contributed by atoms with Crippen LogP contribution in [0.2, 0.25) is 0 Å². The molecule has 0 unspecified atom stereocenters. The Kier molecular flexibility index (Phi) is 3.09. The molecule has 1 aromatic carbocycles. The normalized spacial score (nSPS) is 24.8. The molecule has 1 amide bonds. The number of nitrogens with one attached hydrogen (secondary N) is 1. The molecule has 1 fully saturated rings. The van der Waals surface area contributed by atoms with Crippen LogP contribution in [0.25, 0.3) is 0 Å². The molecule has 92 valence electrons. The summed E-state index contributed by atoms with van der Waals surface area (Å²) in [6.07, 6.45) is -4.56. The molecule has 0 radical (unpaired) electrons. The Morgan fingerprint density at radius 2 is 1.88 bits per heavy atom. The first kappa shape index (κ1) is 12.0. The summed E-state index contributed by atoms with van der Waals surface area (Å²) in [6, 6.07) is 8.03. The van der Waals surface area contributed by atoms with Gasteiger partial charge in [-0.05, 0) is 12.0 Å². The van der Waals surface area contributed by atoms with Crippen LogP contribution >= 0.6 is 0 Å². The predicted molar refractivity (Wildman–Crippen MR) is 56.2 cm³/mol. The minimum Gasteiger partial charge on any atom is -0.352 e. The zero-order valence-corrected chi connectivity index (χ0v) is 9.00. The highest BCUT2D eigenvalue weighted by molar-refractivity contribution is 5.79. The van der Waals surface area contributed by atoms with E-state index in [1.165, 1.54) is 0 Å². The smallest absolute Gasteiger partial charge is 0.352 e. The van der Waals surface area contributed by atoms with Crippen LogP contribution in [0.15, 0.2) is 30.3 Å². The van der Waals surface area contributed by atoms with Crippen LogP contribution in [0.5, 0.6) is 0 Å². The summed E-state index contributed by atoms with van der Waals surface area (Å²) in [7, 11) is 0. The minimum atomic E-state index is -4.32. The zero-order valence-electron chi connectivity index (χ0n) is 9.00. The van der Waals surface area contributed by atoms with Gasteiger partial charge in [0, 0.05) is 12.5 Å². The second-order valence-electron chi connectivity index (χ2n) is 4.22. The van der Waals surface area contributed by atoms with Crippen molar-refractivity contribution in [1.29, 1.82) is 0 Å². The molecular weight excluding hydrogens is 231 g/mol. The van der Waals surface area contributed by atoms with Crippen molar-refractivity contribution < 1.29 is 18.0 Å². The van der Waals surface area contributed by atoms with E-state index < -0.39 is 30.5 Å². The van der Waals surface area contributed by atoms with Gasteiger partial charge >= 0.3 is 6.18 Å². The first-order valence-corrected chi connectivity index (χ1v) is 5.37. The highest BCUT2D eigenvalue weighted by atomic mass is 19.4. The summed E-state index contributed by atoms with van der Waals surface area (Å²) in [5.41, 5.74) is 0.800. The lowest BCUT2D eigenvalue weighted by molar-refractivity contribution is -0.177. The molecule has 0 aliphatic carbocycles. The molecule has 1 aromatic rings. The maximum Gasteiger partial charge on any atom is 0.394 e. The molecule has 5 heteroatoms. The SMILES string of the molecule is O=C1C[C@@H](C(F)(F)F)[C@H](Cc2ccccc2)N1. The Morgan fingerprint density at radius 3 is 2.47 bits per heavy atom. The monoisotopic (exact) mass is 243 g/mol. The number of amides is 1. The van der Waals surface area contributed by atoms with E-state index >= 15 is 0 Å². The predicted octanol–water partition coefficient (Wildman–Crippen LogP) is 2.30. The van der Waals surface area contributed by atoms with Crippen molar-refractivity contribution in [2.24, 2.45) is 5.92 Å². The van der Waals surface area contributed by atoms with E-state index in [0.29, 0.717) is 0 Å². The lowest BCUT2D eigenvalue weighted by Gasteiger charge is -2.21. The molecular formula is C12H12F3NO. The van der Waals surface area contributed by atoms with Crippen molar-refractivity contribution >= 4 is 5.91 Å². The standard InChI is InChI=1S/C12H12F3NO/c13-12(14,15)9-7-11(17)16-10(9)6-8-4-2-1-3-5-8/h1-5,9-10H,6-7H2,(H,16,17)/t9-,10+/m1/s1. The highest BCUT2D eigenvalue weighted by Gasteiger charge is 2.49. The number of hydrogen-bond acceptors (Lipinski definition) is 1. The Morgan fingerprint density at radius 1 is 1.24 bits per heavy atom. The zero-order chi connectivity index (χ0) is 12.5. The van der Waals surface area contributed by atoms with Gasteiger partial charge in [0.25, 0.3) is 0 Å². The average molecular weight is 243 g/mol. The van der Waals surface area contributed by atoms with Gasteiger partial charge in [-0.1, -0.05) is 30.3 Å². The van der Waals surface area contributed by atoms with Crippen LogP contribution in [0, 0.1) is 5.92 Å². The van der Waals surface area contributed by atoms with E-state index in [4.69, 9.17) is 0 Å². The van der Waals surface area contributed by atoms with Gasteiger partial charge in [-0.25, -0.2) is 0 Å². The van der Waals surface area contributed by atoms with E-state index in [-0.39, 0.29) is 6.42 Å². The number of carbonyl (C=O) groups is 1. The van der Waals surface area contributed by atoms with Crippen LogP contribution in [-0.2, 0) is 11.2 Å². The van der Waals surface area contributed by atoms with Crippen LogP contribution in [-0.4, -0.2) is 18.1 Å². The maximum atomic E-state index is 12.7. The fourth-order valence-electron chi connectivity index (χ4n) is 2.11. The summed E-state index contributed by atoms with van der Waals surface area (Å²) < 4.78 is 38.1. The largest absolute Gasteiger partial charge is 0.394 e. The molecule has 0 bridgehead atoms. The number of alkyl halides is 3. The van der Waals surface area contributed by atoms with Crippen molar-refractivity contribution in [1.82, 2.24) is 5.32 Å². The minimum absolute atomic E-state index is 0.219. The number of hydrogen-bond donors (Lipinski definition) is 1. The van der Waals surface area contributed by atoms with Gasteiger partial charge < -0.3 is 5.32 Å². The van der Waals surface area contributed by atoms with Crippen LogP contribution < -0.4 is 5.32 Å². The molecule has 1 N–H and O–H groups in total. The molecule has 0 saturated carbocycles. The van der Waals surface area contributed by atoms with Gasteiger partial charge in [-0.2, -0.15) is 13.2 Å². The molecule has 2 atom stereocenters. The Balaban J connectivity index is 2.12. The number of carbonyl (C=O) groups excluding carboxylic acids is 1. The van der Waals surface area contributed by atoms with E-state index in [9.17, 15) is 18.0 Å². The molecule has 1 aliphatic rings. The lowest BCUT2D eigenvalue weighted by Crippen LogP contribution is -2.37. The average Bonchev–Trinajstić information content (AvgIpc) is 2.60. The van der Waals surface area contributed by atoms with Crippen LogP contribution in [0.4, 0.5) is 13.2 Å². The van der Waals surface area contributed by atoms with Crippen LogP contribution in [0.1, 0.15) is 12.0 Å². The van der Waals surface area contributed by atoms with E-state index in [0.717, 1.165) is 5.56 Å². The van der Waals surface area contributed by atoms with E-state index in [1.807, 2.05) is 0 Å². The fraction of sp³-hybridized carbons (Fsp3) is 0.417. The second-order valence-corrected chi connectivity index (χ2v) is 4.22. The van der Waals surface area contributed by atoms with E-state index in [2.05, 4.69) is 5.32 Å². The van der Waals surface area contributed by atoms with Crippen molar-refractivity contribution in [2.45, 2.75) is 25.1 Å². The molecule has 17 heavy (non-hydrogen) atoms. The van der Waals surface area contributed by atoms with Gasteiger partial charge in [0.05, 0.1) is 5.92 Å². The lowest BCUT2D eigenvalue weighted by atomic mass is 9.94. The summed E-state index contributed by atoms with van der Waals surface area (Å²) in [6.45, 7) is 0. The highest BCUT2D eigenvalue weighted by Crippen LogP contribution is 2.35. The van der Waals surface area contributed by atoms with Crippen molar-refractivity contribution in [3.05, 3.63) is 35.9 Å². The Bertz CT molecular complexity index is 402. The van der Waals surface area contributed by atoms with Crippen LogP contribution in [0.3, 0.4) is 0 Å². The Labute approximate surface area is 96.8 Å². The second kappa shape index (κ2) is 4.39.